The summed E-state index contributed by atoms with van der Waals surface area (Å²) in [5, 5.41) is 29.3. The second-order valence-corrected chi connectivity index (χ2v) is 9.46. The zero-order valence-electron chi connectivity index (χ0n) is 19.9. The summed E-state index contributed by atoms with van der Waals surface area (Å²) in [6.45, 7) is 1.66. The SMILES string of the molecule is CC(N)C(=O)CCn1c(O)cc(C=c2cnn3c(=NC4CC4)cc(Nc4cc(Cl)ccc4F)nc23)c1O. The molecule has 3 aromatic heterocycles. The maximum atomic E-state index is 14.4. The maximum Gasteiger partial charge on any atom is 0.201 e. The molecule has 0 saturated heterocycles. The van der Waals surface area contributed by atoms with E-state index in [1.165, 1.54) is 28.8 Å². The van der Waals surface area contributed by atoms with Gasteiger partial charge in [-0.05, 0) is 44.0 Å². The quantitative estimate of drug-likeness (QED) is 0.276. The number of halogens is 2. The number of rotatable bonds is 8. The highest BCUT2D eigenvalue weighted by molar-refractivity contribution is 6.30. The Kier molecular flexibility index (Phi) is 6.57. The third kappa shape index (κ3) is 5.27. The number of ketones is 1. The van der Waals surface area contributed by atoms with Gasteiger partial charge in [-0.15, -0.1) is 0 Å². The fraction of sp³-hybridized carbons (Fsp3) is 0.280. The molecule has 0 aliphatic heterocycles. The van der Waals surface area contributed by atoms with Crippen molar-refractivity contribution in [3.8, 4) is 11.8 Å². The van der Waals surface area contributed by atoms with Crippen LogP contribution in [-0.4, -0.2) is 47.2 Å². The molecule has 1 aromatic carbocycles. The molecule has 5 rings (SSSR count). The van der Waals surface area contributed by atoms with Crippen LogP contribution in [0.1, 0.15) is 31.7 Å². The van der Waals surface area contributed by atoms with Crippen LogP contribution in [-0.2, 0) is 11.3 Å². The molecule has 5 N–H and O–H groups in total. The van der Waals surface area contributed by atoms with E-state index >= 15 is 0 Å². The second kappa shape index (κ2) is 9.83. The number of carbonyl (C=O) groups excluding carboxylic acids is 1. The standard InChI is InChI=1S/C25H25ClFN7O3/c1-13(28)20(35)6-7-33-23(36)9-14(25(33)37)8-15-12-29-34-22(30-17-3-4-17)11-21(32-24(15)34)31-19-10-16(26)2-5-18(19)27/h2,5,8-13,17,31,36-37H,3-4,6-7,28H2,1H3. The second-order valence-electron chi connectivity index (χ2n) is 9.03. The zero-order valence-corrected chi connectivity index (χ0v) is 20.7. The first-order chi connectivity index (χ1) is 17.7. The molecule has 12 heteroatoms. The molecule has 1 aliphatic rings. The van der Waals surface area contributed by atoms with E-state index in [0.29, 0.717) is 32.8 Å². The number of aromatic hydroxyl groups is 2. The van der Waals surface area contributed by atoms with E-state index in [-0.39, 0.29) is 42.2 Å². The monoisotopic (exact) mass is 525 g/mol. The van der Waals surface area contributed by atoms with Crippen LogP contribution >= 0.6 is 11.6 Å². The van der Waals surface area contributed by atoms with Crippen molar-refractivity contribution in [1.29, 1.82) is 0 Å². The van der Waals surface area contributed by atoms with E-state index in [4.69, 9.17) is 22.3 Å². The Morgan fingerprint density at radius 2 is 2.14 bits per heavy atom. The van der Waals surface area contributed by atoms with Gasteiger partial charge in [-0.3, -0.25) is 14.4 Å². The minimum absolute atomic E-state index is 0.0618. The predicted molar refractivity (Wildman–Crippen MR) is 136 cm³/mol. The van der Waals surface area contributed by atoms with Crippen LogP contribution in [0.25, 0.3) is 11.7 Å². The van der Waals surface area contributed by atoms with Crippen LogP contribution in [0.5, 0.6) is 11.8 Å². The van der Waals surface area contributed by atoms with Crippen molar-refractivity contribution in [2.45, 2.75) is 44.8 Å². The van der Waals surface area contributed by atoms with Crippen molar-refractivity contribution < 1.29 is 19.4 Å². The number of Topliss-reactive ketones (excluding diaryl/α,β-unsaturated/α-hetero) is 1. The van der Waals surface area contributed by atoms with Crippen LogP contribution in [0.3, 0.4) is 0 Å². The fourth-order valence-corrected chi connectivity index (χ4v) is 4.01. The number of benzene rings is 1. The molecule has 0 amide bonds. The summed E-state index contributed by atoms with van der Waals surface area (Å²) < 4.78 is 17.2. The molecule has 37 heavy (non-hydrogen) atoms. The van der Waals surface area contributed by atoms with E-state index in [2.05, 4.69) is 15.4 Å². The molecule has 3 heterocycles. The van der Waals surface area contributed by atoms with Gasteiger partial charge in [-0.25, -0.2) is 9.37 Å². The largest absolute Gasteiger partial charge is 0.494 e. The van der Waals surface area contributed by atoms with Gasteiger partial charge in [0.25, 0.3) is 0 Å². The number of fused-ring (bicyclic) bond motifs is 1. The van der Waals surface area contributed by atoms with Crippen LogP contribution in [0, 0.1) is 5.82 Å². The minimum Gasteiger partial charge on any atom is -0.494 e. The van der Waals surface area contributed by atoms with Crippen molar-refractivity contribution in [1.82, 2.24) is 19.2 Å². The average Bonchev–Trinajstić information content (AvgIpc) is 3.52. The van der Waals surface area contributed by atoms with Gasteiger partial charge < -0.3 is 21.3 Å². The Balaban J connectivity index is 1.57. The molecule has 1 unspecified atom stereocenters. The normalized spacial score (nSPS) is 15.5. The van der Waals surface area contributed by atoms with E-state index in [1.54, 1.807) is 29.8 Å². The Labute approximate surface area is 215 Å². The Morgan fingerprint density at radius 1 is 1.35 bits per heavy atom. The third-order valence-electron chi connectivity index (χ3n) is 6.01. The highest BCUT2D eigenvalue weighted by Crippen LogP contribution is 2.29. The van der Waals surface area contributed by atoms with Crippen LogP contribution in [0.2, 0.25) is 5.02 Å². The van der Waals surface area contributed by atoms with Crippen molar-refractivity contribution in [3.05, 3.63) is 63.6 Å². The topological polar surface area (TPSA) is 143 Å². The van der Waals surface area contributed by atoms with Gasteiger partial charge in [0.05, 0.1) is 24.0 Å². The number of aromatic nitrogens is 4. The van der Waals surface area contributed by atoms with E-state index < -0.39 is 11.9 Å². The molecule has 10 nitrogen and oxygen atoms in total. The molecular weight excluding hydrogens is 501 g/mol. The number of anilines is 2. The van der Waals surface area contributed by atoms with Crippen molar-refractivity contribution in [3.63, 3.8) is 0 Å². The molecule has 1 fully saturated rings. The molecule has 1 saturated carbocycles. The Hall–Kier alpha value is -3.96. The van der Waals surface area contributed by atoms with Gasteiger partial charge in [0.2, 0.25) is 5.88 Å². The lowest BCUT2D eigenvalue weighted by molar-refractivity contribution is -0.120. The van der Waals surface area contributed by atoms with Gasteiger partial charge in [0, 0.05) is 40.9 Å². The fourth-order valence-electron chi connectivity index (χ4n) is 3.83. The maximum absolute atomic E-state index is 14.4. The lowest BCUT2D eigenvalue weighted by Gasteiger charge is -2.08. The molecule has 4 aromatic rings. The van der Waals surface area contributed by atoms with Crippen LogP contribution < -0.4 is 21.8 Å². The highest BCUT2D eigenvalue weighted by atomic mass is 35.5. The number of nitrogens with one attached hydrogen (secondary N) is 1. The molecule has 0 radical (unpaired) electrons. The third-order valence-corrected chi connectivity index (χ3v) is 6.24. The summed E-state index contributed by atoms with van der Waals surface area (Å²) >= 11 is 6.03. The lowest BCUT2D eigenvalue weighted by Crippen LogP contribution is -2.27. The van der Waals surface area contributed by atoms with Crippen molar-refractivity contribution in [2.24, 2.45) is 10.7 Å². The highest BCUT2D eigenvalue weighted by Gasteiger charge is 2.21. The minimum atomic E-state index is -0.630. The zero-order chi connectivity index (χ0) is 26.3. The van der Waals surface area contributed by atoms with E-state index in [1.807, 2.05) is 0 Å². The number of carbonyl (C=O) groups is 1. The number of nitrogens with zero attached hydrogens (tertiary/aromatic N) is 5. The van der Waals surface area contributed by atoms with Gasteiger partial charge in [-0.2, -0.15) is 9.61 Å². The smallest absolute Gasteiger partial charge is 0.201 e. The van der Waals surface area contributed by atoms with E-state index in [0.717, 1.165) is 12.8 Å². The van der Waals surface area contributed by atoms with E-state index in [9.17, 15) is 19.4 Å². The summed E-state index contributed by atoms with van der Waals surface area (Å²) in [5.74, 6) is -0.757. The molecule has 0 bridgehead atoms. The molecular formula is C25H25ClFN7O3. The summed E-state index contributed by atoms with van der Waals surface area (Å²) in [6.07, 6.45) is 5.18. The number of nitrogens with two attached hydrogens (primary N) is 1. The van der Waals surface area contributed by atoms with Gasteiger partial charge in [0.15, 0.2) is 22.8 Å². The summed E-state index contributed by atoms with van der Waals surface area (Å²) in [6, 6.07) is 6.80. The lowest BCUT2D eigenvalue weighted by atomic mass is 10.2. The first kappa shape index (κ1) is 24.7. The molecule has 1 atom stereocenters. The summed E-state index contributed by atoms with van der Waals surface area (Å²) in [7, 11) is 0. The van der Waals surface area contributed by atoms with Gasteiger partial charge in [0.1, 0.15) is 11.6 Å². The first-order valence-corrected chi connectivity index (χ1v) is 12.1. The molecule has 1 aliphatic carbocycles. The summed E-state index contributed by atoms with van der Waals surface area (Å²) in [4.78, 5) is 21.2. The average molecular weight is 526 g/mol. The Morgan fingerprint density at radius 3 is 2.86 bits per heavy atom. The van der Waals surface area contributed by atoms with Crippen LogP contribution in [0.15, 0.2) is 41.5 Å². The van der Waals surface area contributed by atoms with Crippen LogP contribution in [0.4, 0.5) is 15.9 Å². The number of hydrogen-bond acceptors (Lipinski definition) is 8. The molecule has 192 valence electrons. The van der Waals surface area contributed by atoms with Gasteiger partial charge >= 0.3 is 0 Å². The predicted octanol–water partition coefficient (Wildman–Crippen LogP) is 2.40. The van der Waals surface area contributed by atoms with Crippen molar-refractivity contribution in [2.75, 3.05) is 5.32 Å². The Bertz CT molecular complexity index is 1630. The molecule has 0 spiro atoms. The van der Waals surface area contributed by atoms with Gasteiger partial charge in [-0.1, -0.05) is 11.6 Å². The first-order valence-electron chi connectivity index (χ1n) is 11.8. The van der Waals surface area contributed by atoms with Crippen molar-refractivity contribution >= 4 is 40.6 Å². The number of hydrogen-bond donors (Lipinski definition) is 4. The summed E-state index contributed by atoms with van der Waals surface area (Å²) in [5.41, 5.74) is 7.01.